The number of nitrogens with zero attached hydrogens (tertiary/aromatic N) is 4. The standard InChI is InChI=1S/C14H11BrN4O/c1-20-13-3-2-12(15)6-10(13)9-18-4-5-19-14(18)11(7-16)8-17-19/h2-6,8H,9H2,1H3. The molecule has 0 unspecified atom stereocenters. The quantitative estimate of drug-likeness (QED) is 0.742. The molecule has 1 aromatic carbocycles. The topological polar surface area (TPSA) is 55.2 Å². The smallest absolute Gasteiger partial charge is 0.154 e. The van der Waals surface area contributed by atoms with Crippen LogP contribution in [0.4, 0.5) is 0 Å². The molecule has 0 atom stereocenters. The molecular weight excluding hydrogens is 320 g/mol. The largest absolute Gasteiger partial charge is 0.496 e. The van der Waals surface area contributed by atoms with Crippen LogP contribution >= 0.6 is 15.9 Å². The van der Waals surface area contributed by atoms with Gasteiger partial charge in [0.2, 0.25) is 0 Å². The van der Waals surface area contributed by atoms with Gasteiger partial charge < -0.3 is 9.30 Å². The first kappa shape index (κ1) is 12.8. The average Bonchev–Trinajstić information content (AvgIpc) is 3.02. The fraction of sp³-hybridized carbons (Fsp3) is 0.143. The maximum atomic E-state index is 9.13. The Bertz CT molecular complexity index is 812. The molecule has 6 heteroatoms. The van der Waals surface area contributed by atoms with Gasteiger partial charge in [-0.25, -0.2) is 4.52 Å². The number of hydrogen-bond donors (Lipinski definition) is 0. The van der Waals surface area contributed by atoms with E-state index in [4.69, 9.17) is 10.00 Å². The zero-order valence-corrected chi connectivity index (χ0v) is 12.3. The molecule has 2 aromatic heterocycles. The van der Waals surface area contributed by atoms with Crippen molar-refractivity contribution in [3.63, 3.8) is 0 Å². The molecule has 0 N–H and O–H groups in total. The van der Waals surface area contributed by atoms with Crippen molar-refractivity contribution in [2.24, 2.45) is 0 Å². The van der Waals surface area contributed by atoms with Crippen LogP contribution in [0.5, 0.6) is 5.75 Å². The number of imidazole rings is 1. The molecule has 5 nitrogen and oxygen atoms in total. The van der Waals surface area contributed by atoms with Gasteiger partial charge in [-0.15, -0.1) is 0 Å². The van der Waals surface area contributed by atoms with Crippen LogP contribution in [0.15, 0.2) is 41.3 Å². The van der Waals surface area contributed by atoms with Crippen molar-refractivity contribution in [3.8, 4) is 11.8 Å². The second-order valence-electron chi connectivity index (χ2n) is 4.32. The summed E-state index contributed by atoms with van der Waals surface area (Å²) in [6, 6.07) is 8.03. The number of halogens is 1. The highest BCUT2D eigenvalue weighted by Crippen LogP contribution is 2.25. The molecule has 0 amide bonds. The van der Waals surface area contributed by atoms with E-state index in [9.17, 15) is 0 Å². The van der Waals surface area contributed by atoms with E-state index in [0.29, 0.717) is 12.1 Å². The first-order valence-electron chi connectivity index (χ1n) is 5.98. The summed E-state index contributed by atoms with van der Waals surface area (Å²) in [6.45, 7) is 0.611. The van der Waals surface area contributed by atoms with E-state index in [-0.39, 0.29) is 0 Å². The lowest BCUT2D eigenvalue weighted by atomic mass is 10.2. The molecule has 3 rings (SSSR count). The van der Waals surface area contributed by atoms with E-state index in [1.165, 1.54) is 0 Å². The monoisotopic (exact) mass is 330 g/mol. The Hall–Kier alpha value is -2.26. The third-order valence-electron chi connectivity index (χ3n) is 3.13. The molecule has 0 radical (unpaired) electrons. The molecule has 0 aliphatic carbocycles. The maximum absolute atomic E-state index is 9.13. The van der Waals surface area contributed by atoms with Crippen molar-refractivity contribution in [1.29, 1.82) is 5.26 Å². The minimum absolute atomic E-state index is 0.559. The SMILES string of the molecule is COc1ccc(Br)cc1Cn1ccn2ncc(C#N)c12. The van der Waals surface area contributed by atoms with Crippen LogP contribution in [-0.4, -0.2) is 21.3 Å². The van der Waals surface area contributed by atoms with Crippen LogP contribution in [-0.2, 0) is 6.54 Å². The molecule has 0 aliphatic rings. The van der Waals surface area contributed by atoms with Crippen molar-refractivity contribution >= 4 is 21.6 Å². The summed E-state index contributed by atoms with van der Waals surface area (Å²) in [5.41, 5.74) is 2.38. The zero-order chi connectivity index (χ0) is 14.1. The predicted molar refractivity (Wildman–Crippen MR) is 77.7 cm³/mol. The van der Waals surface area contributed by atoms with Gasteiger partial charge in [-0.3, -0.25) is 0 Å². The first-order chi connectivity index (χ1) is 9.72. The lowest BCUT2D eigenvalue weighted by Gasteiger charge is -2.10. The Kier molecular flexibility index (Phi) is 3.20. The van der Waals surface area contributed by atoms with Gasteiger partial charge in [-0.05, 0) is 18.2 Å². The number of ether oxygens (including phenoxy) is 1. The van der Waals surface area contributed by atoms with E-state index in [1.807, 2.05) is 35.2 Å². The van der Waals surface area contributed by atoms with E-state index in [1.54, 1.807) is 17.8 Å². The van der Waals surface area contributed by atoms with Gasteiger partial charge >= 0.3 is 0 Å². The minimum Gasteiger partial charge on any atom is -0.496 e. The highest BCUT2D eigenvalue weighted by Gasteiger charge is 2.11. The molecule has 3 aromatic rings. The van der Waals surface area contributed by atoms with Gasteiger partial charge in [0, 0.05) is 22.4 Å². The van der Waals surface area contributed by atoms with E-state index < -0.39 is 0 Å². The number of nitriles is 1. The van der Waals surface area contributed by atoms with Crippen LogP contribution in [0.25, 0.3) is 5.65 Å². The molecule has 0 fully saturated rings. The summed E-state index contributed by atoms with van der Waals surface area (Å²) >= 11 is 3.47. The van der Waals surface area contributed by atoms with Crippen LogP contribution in [0.3, 0.4) is 0 Å². The Morgan fingerprint density at radius 3 is 3.00 bits per heavy atom. The summed E-state index contributed by atoms with van der Waals surface area (Å²) in [6.07, 6.45) is 5.31. The normalized spacial score (nSPS) is 10.7. The summed E-state index contributed by atoms with van der Waals surface area (Å²) in [5.74, 6) is 0.818. The Labute approximate surface area is 124 Å². The maximum Gasteiger partial charge on any atom is 0.154 e. The Morgan fingerprint density at radius 1 is 1.40 bits per heavy atom. The number of rotatable bonds is 3. The van der Waals surface area contributed by atoms with Crippen LogP contribution in [0.1, 0.15) is 11.1 Å². The predicted octanol–water partition coefficient (Wildman–Crippen LogP) is 2.83. The van der Waals surface area contributed by atoms with Gasteiger partial charge in [0.15, 0.2) is 5.65 Å². The summed E-state index contributed by atoms with van der Waals surface area (Å²) in [7, 11) is 1.65. The van der Waals surface area contributed by atoms with Crippen molar-refractivity contribution in [3.05, 3.63) is 52.4 Å². The van der Waals surface area contributed by atoms with E-state index in [0.717, 1.165) is 21.4 Å². The van der Waals surface area contributed by atoms with Crippen molar-refractivity contribution < 1.29 is 4.74 Å². The number of methoxy groups -OCH3 is 1. The molecule has 0 aliphatic heterocycles. The van der Waals surface area contributed by atoms with Crippen molar-refractivity contribution in [2.45, 2.75) is 6.54 Å². The Morgan fingerprint density at radius 2 is 2.25 bits per heavy atom. The summed E-state index contributed by atoms with van der Waals surface area (Å²) in [5, 5.41) is 13.3. The van der Waals surface area contributed by atoms with Gasteiger partial charge in [0.25, 0.3) is 0 Å². The summed E-state index contributed by atoms with van der Waals surface area (Å²) in [4.78, 5) is 0. The van der Waals surface area contributed by atoms with Crippen molar-refractivity contribution in [2.75, 3.05) is 7.11 Å². The lowest BCUT2D eigenvalue weighted by Crippen LogP contribution is -2.01. The van der Waals surface area contributed by atoms with Crippen LogP contribution < -0.4 is 4.74 Å². The fourth-order valence-electron chi connectivity index (χ4n) is 2.23. The van der Waals surface area contributed by atoms with E-state index in [2.05, 4.69) is 27.1 Å². The highest BCUT2D eigenvalue weighted by atomic mass is 79.9. The molecule has 0 spiro atoms. The molecule has 0 saturated heterocycles. The highest BCUT2D eigenvalue weighted by molar-refractivity contribution is 9.10. The average molecular weight is 331 g/mol. The number of benzene rings is 1. The van der Waals surface area contributed by atoms with Crippen LogP contribution in [0.2, 0.25) is 0 Å². The van der Waals surface area contributed by atoms with Crippen LogP contribution in [0, 0.1) is 11.3 Å². The van der Waals surface area contributed by atoms with Gasteiger partial charge in [0.05, 0.1) is 19.9 Å². The second kappa shape index (κ2) is 5.02. The lowest BCUT2D eigenvalue weighted by molar-refractivity contribution is 0.408. The third kappa shape index (κ3) is 2.06. The molecule has 2 heterocycles. The molecule has 100 valence electrons. The Balaban J connectivity index is 2.08. The molecule has 20 heavy (non-hydrogen) atoms. The third-order valence-corrected chi connectivity index (χ3v) is 3.63. The molecular formula is C14H11BrN4O. The molecule has 0 saturated carbocycles. The number of hydrogen-bond acceptors (Lipinski definition) is 3. The first-order valence-corrected chi connectivity index (χ1v) is 6.77. The van der Waals surface area contributed by atoms with Gasteiger partial charge in [0.1, 0.15) is 17.4 Å². The summed E-state index contributed by atoms with van der Waals surface area (Å²) < 4.78 is 10.0. The second-order valence-corrected chi connectivity index (χ2v) is 5.24. The number of aromatic nitrogens is 3. The van der Waals surface area contributed by atoms with Gasteiger partial charge in [-0.2, -0.15) is 10.4 Å². The minimum atomic E-state index is 0.559. The number of fused-ring (bicyclic) bond motifs is 1. The fourth-order valence-corrected chi connectivity index (χ4v) is 2.63. The van der Waals surface area contributed by atoms with E-state index >= 15 is 0 Å². The molecule has 0 bridgehead atoms. The zero-order valence-electron chi connectivity index (χ0n) is 10.7. The van der Waals surface area contributed by atoms with Crippen molar-refractivity contribution in [1.82, 2.24) is 14.2 Å². The van der Waals surface area contributed by atoms with Gasteiger partial charge in [-0.1, -0.05) is 15.9 Å².